The number of nitrogens with zero attached hydrogens (tertiary/aromatic N) is 1. The van der Waals surface area contributed by atoms with Gasteiger partial charge in [0.15, 0.2) is 0 Å². The molecule has 0 radical (unpaired) electrons. The summed E-state index contributed by atoms with van der Waals surface area (Å²) in [5.74, 6) is 0.712. The zero-order valence-electron chi connectivity index (χ0n) is 11.4. The molecule has 1 fully saturated rings. The molecular weight excluding hydrogens is 312 g/mol. The van der Waals surface area contributed by atoms with Crippen molar-refractivity contribution in [2.75, 3.05) is 6.54 Å². The molecule has 0 spiro atoms. The summed E-state index contributed by atoms with van der Waals surface area (Å²) < 4.78 is 1.25. The van der Waals surface area contributed by atoms with Crippen molar-refractivity contribution < 1.29 is 0 Å². The molecule has 0 atom stereocenters. The van der Waals surface area contributed by atoms with Gasteiger partial charge in [-0.2, -0.15) is 0 Å². The van der Waals surface area contributed by atoms with Gasteiger partial charge in [0.05, 0.1) is 0 Å². The van der Waals surface area contributed by atoms with Gasteiger partial charge in [-0.3, -0.25) is 4.98 Å². The molecule has 20 heavy (non-hydrogen) atoms. The SMILES string of the molecule is Brc1ccccc1C1CC(NCCc2ccncc2)C1. The molecule has 0 unspecified atom stereocenters. The van der Waals surface area contributed by atoms with Crippen LogP contribution in [0.15, 0.2) is 53.3 Å². The van der Waals surface area contributed by atoms with Crippen LogP contribution in [0.3, 0.4) is 0 Å². The van der Waals surface area contributed by atoms with Crippen molar-refractivity contribution in [1.29, 1.82) is 0 Å². The summed E-state index contributed by atoms with van der Waals surface area (Å²) in [6.45, 7) is 1.05. The second-order valence-corrected chi connectivity index (χ2v) is 6.30. The van der Waals surface area contributed by atoms with Crippen LogP contribution in [0.25, 0.3) is 0 Å². The Balaban J connectivity index is 1.42. The monoisotopic (exact) mass is 330 g/mol. The lowest BCUT2D eigenvalue weighted by Crippen LogP contribution is -2.41. The highest BCUT2D eigenvalue weighted by atomic mass is 79.9. The van der Waals surface area contributed by atoms with E-state index in [0.29, 0.717) is 12.0 Å². The third kappa shape index (κ3) is 3.28. The Morgan fingerprint density at radius 3 is 2.60 bits per heavy atom. The smallest absolute Gasteiger partial charge is 0.0270 e. The lowest BCUT2D eigenvalue weighted by Gasteiger charge is -2.37. The highest BCUT2D eigenvalue weighted by Crippen LogP contribution is 2.39. The van der Waals surface area contributed by atoms with Crippen LogP contribution >= 0.6 is 15.9 Å². The van der Waals surface area contributed by atoms with E-state index in [2.05, 4.69) is 62.6 Å². The maximum Gasteiger partial charge on any atom is 0.0270 e. The molecule has 3 rings (SSSR count). The lowest BCUT2D eigenvalue weighted by molar-refractivity contribution is 0.292. The first-order valence-corrected chi connectivity index (χ1v) is 7.99. The molecule has 0 aliphatic heterocycles. The van der Waals surface area contributed by atoms with Gasteiger partial charge in [-0.05, 0) is 61.1 Å². The van der Waals surface area contributed by atoms with E-state index in [9.17, 15) is 0 Å². The number of pyridine rings is 1. The Morgan fingerprint density at radius 2 is 1.85 bits per heavy atom. The molecule has 1 aliphatic carbocycles. The highest BCUT2D eigenvalue weighted by molar-refractivity contribution is 9.10. The number of nitrogens with one attached hydrogen (secondary N) is 1. The Bertz CT molecular complexity index is 550. The van der Waals surface area contributed by atoms with Gasteiger partial charge < -0.3 is 5.32 Å². The van der Waals surface area contributed by atoms with Crippen molar-refractivity contribution in [3.05, 3.63) is 64.4 Å². The van der Waals surface area contributed by atoms with Gasteiger partial charge in [0.2, 0.25) is 0 Å². The molecular formula is C17H19BrN2. The summed E-state index contributed by atoms with van der Waals surface area (Å²) in [5.41, 5.74) is 2.81. The van der Waals surface area contributed by atoms with Crippen LogP contribution in [0.2, 0.25) is 0 Å². The van der Waals surface area contributed by atoms with Gasteiger partial charge in [0.1, 0.15) is 0 Å². The van der Waals surface area contributed by atoms with Crippen molar-refractivity contribution in [2.45, 2.75) is 31.2 Å². The highest BCUT2D eigenvalue weighted by Gasteiger charge is 2.30. The molecule has 0 saturated heterocycles. The predicted molar refractivity (Wildman–Crippen MR) is 85.8 cm³/mol. The van der Waals surface area contributed by atoms with E-state index in [1.54, 1.807) is 0 Å². The van der Waals surface area contributed by atoms with E-state index in [-0.39, 0.29) is 0 Å². The number of halogens is 1. The fourth-order valence-electron chi connectivity index (χ4n) is 2.81. The molecule has 1 heterocycles. The first-order valence-electron chi connectivity index (χ1n) is 7.19. The van der Waals surface area contributed by atoms with Crippen LogP contribution in [-0.2, 0) is 6.42 Å². The minimum atomic E-state index is 0.675. The maximum absolute atomic E-state index is 4.04. The van der Waals surface area contributed by atoms with E-state index >= 15 is 0 Å². The molecule has 3 heteroatoms. The number of aromatic nitrogens is 1. The van der Waals surface area contributed by atoms with Crippen LogP contribution in [0.5, 0.6) is 0 Å². The summed E-state index contributed by atoms with van der Waals surface area (Å²) in [6.07, 6.45) is 7.31. The molecule has 0 amide bonds. The van der Waals surface area contributed by atoms with Gasteiger partial charge in [0.25, 0.3) is 0 Å². The molecule has 104 valence electrons. The van der Waals surface area contributed by atoms with Crippen molar-refractivity contribution >= 4 is 15.9 Å². The molecule has 1 aromatic heterocycles. The zero-order valence-corrected chi connectivity index (χ0v) is 13.0. The van der Waals surface area contributed by atoms with E-state index in [4.69, 9.17) is 0 Å². The zero-order chi connectivity index (χ0) is 13.8. The van der Waals surface area contributed by atoms with Crippen molar-refractivity contribution in [1.82, 2.24) is 10.3 Å². The largest absolute Gasteiger partial charge is 0.314 e. The van der Waals surface area contributed by atoms with E-state index in [1.165, 1.54) is 28.4 Å². The molecule has 0 bridgehead atoms. The fraction of sp³-hybridized carbons (Fsp3) is 0.353. The molecule has 1 saturated carbocycles. The normalized spacial score (nSPS) is 21.4. The van der Waals surface area contributed by atoms with E-state index < -0.39 is 0 Å². The maximum atomic E-state index is 4.04. The summed E-state index contributed by atoms with van der Waals surface area (Å²) in [7, 11) is 0. The predicted octanol–water partition coefficient (Wildman–Crippen LogP) is 3.92. The van der Waals surface area contributed by atoms with Gasteiger partial charge in [0, 0.05) is 22.9 Å². The second kappa shape index (κ2) is 6.51. The van der Waals surface area contributed by atoms with Crippen LogP contribution in [-0.4, -0.2) is 17.6 Å². The fourth-order valence-corrected chi connectivity index (χ4v) is 3.42. The Labute approximate surface area is 128 Å². The van der Waals surface area contributed by atoms with Crippen LogP contribution < -0.4 is 5.32 Å². The number of hydrogen-bond donors (Lipinski definition) is 1. The molecule has 2 aromatic rings. The van der Waals surface area contributed by atoms with Crippen molar-refractivity contribution in [2.24, 2.45) is 0 Å². The number of rotatable bonds is 5. The summed E-state index contributed by atoms with van der Waals surface area (Å²) >= 11 is 3.65. The van der Waals surface area contributed by atoms with Crippen LogP contribution in [0.4, 0.5) is 0 Å². The lowest BCUT2D eigenvalue weighted by atomic mass is 9.76. The molecule has 1 N–H and O–H groups in total. The van der Waals surface area contributed by atoms with Crippen LogP contribution in [0.1, 0.15) is 29.9 Å². The Kier molecular flexibility index (Phi) is 4.48. The first-order chi connectivity index (χ1) is 9.83. The summed E-state index contributed by atoms with van der Waals surface area (Å²) in [6, 6.07) is 13.4. The van der Waals surface area contributed by atoms with Crippen LogP contribution in [0, 0.1) is 0 Å². The van der Waals surface area contributed by atoms with Gasteiger partial charge >= 0.3 is 0 Å². The standard InChI is InChI=1S/C17H19BrN2/c18-17-4-2-1-3-16(17)14-11-15(12-14)20-10-7-13-5-8-19-9-6-13/h1-6,8-9,14-15,20H,7,10-12H2. The topological polar surface area (TPSA) is 24.9 Å². The van der Waals surface area contributed by atoms with Gasteiger partial charge in [-0.15, -0.1) is 0 Å². The minimum Gasteiger partial charge on any atom is -0.314 e. The molecule has 1 aromatic carbocycles. The summed E-state index contributed by atoms with van der Waals surface area (Å²) in [5, 5.41) is 3.65. The van der Waals surface area contributed by atoms with E-state index in [0.717, 1.165) is 13.0 Å². The summed E-state index contributed by atoms with van der Waals surface area (Å²) in [4.78, 5) is 4.04. The Morgan fingerprint density at radius 1 is 1.10 bits per heavy atom. The molecule has 2 nitrogen and oxygen atoms in total. The minimum absolute atomic E-state index is 0.675. The third-order valence-corrected chi connectivity index (χ3v) is 4.80. The number of benzene rings is 1. The van der Waals surface area contributed by atoms with E-state index in [1.807, 2.05) is 12.4 Å². The quantitative estimate of drug-likeness (QED) is 0.898. The third-order valence-electron chi connectivity index (χ3n) is 4.08. The number of hydrogen-bond acceptors (Lipinski definition) is 2. The average Bonchev–Trinajstić information content (AvgIpc) is 2.44. The van der Waals surface area contributed by atoms with Gasteiger partial charge in [-0.1, -0.05) is 34.1 Å². The van der Waals surface area contributed by atoms with Gasteiger partial charge in [-0.25, -0.2) is 0 Å². The molecule has 1 aliphatic rings. The first kappa shape index (κ1) is 13.8. The van der Waals surface area contributed by atoms with Crippen molar-refractivity contribution in [3.8, 4) is 0 Å². The average molecular weight is 331 g/mol. The second-order valence-electron chi connectivity index (χ2n) is 5.45. The Hall–Kier alpha value is -1.19. The van der Waals surface area contributed by atoms with Crippen molar-refractivity contribution in [3.63, 3.8) is 0 Å².